The summed E-state index contributed by atoms with van der Waals surface area (Å²) in [6.45, 7) is 10.5. The third-order valence-electron chi connectivity index (χ3n) is 3.17. The van der Waals surface area contributed by atoms with Gasteiger partial charge in [0, 0.05) is 19.1 Å². The summed E-state index contributed by atoms with van der Waals surface area (Å²) >= 11 is 0. The van der Waals surface area contributed by atoms with Crippen LogP contribution in [0.4, 0.5) is 0 Å². The van der Waals surface area contributed by atoms with E-state index in [0.29, 0.717) is 18.0 Å². The molecule has 0 heterocycles. The summed E-state index contributed by atoms with van der Waals surface area (Å²) in [6, 6.07) is 8.98. The van der Waals surface area contributed by atoms with Gasteiger partial charge < -0.3 is 11.1 Å². The van der Waals surface area contributed by atoms with Crippen LogP contribution in [0.3, 0.4) is 0 Å². The lowest BCUT2D eigenvalue weighted by Gasteiger charge is -2.28. The Labute approximate surface area is 99.2 Å². The molecule has 0 radical (unpaired) electrons. The van der Waals surface area contributed by atoms with Gasteiger partial charge in [0.1, 0.15) is 0 Å². The van der Waals surface area contributed by atoms with Crippen LogP contribution in [0.2, 0.25) is 0 Å². The average molecular weight is 220 g/mol. The van der Waals surface area contributed by atoms with Gasteiger partial charge in [0.05, 0.1) is 0 Å². The molecule has 0 bridgehead atoms. The number of nitrogens with two attached hydrogens (primary N) is 1. The van der Waals surface area contributed by atoms with Crippen molar-refractivity contribution in [2.75, 3.05) is 0 Å². The molecule has 0 fully saturated rings. The van der Waals surface area contributed by atoms with Crippen molar-refractivity contribution in [1.82, 2.24) is 5.32 Å². The summed E-state index contributed by atoms with van der Waals surface area (Å²) in [7, 11) is 0. The smallest absolute Gasteiger partial charge is 0.0208 e. The second kappa shape index (κ2) is 5.46. The van der Waals surface area contributed by atoms with Crippen LogP contribution < -0.4 is 11.1 Å². The highest BCUT2D eigenvalue weighted by Gasteiger charge is 2.18. The molecule has 0 saturated carbocycles. The molecular formula is C14H24N2. The molecule has 2 nitrogen and oxygen atoms in total. The lowest BCUT2D eigenvalue weighted by Crippen LogP contribution is -2.37. The first-order chi connectivity index (χ1) is 7.43. The average Bonchev–Trinajstić information content (AvgIpc) is 2.25. The van der Waals surface area contributed by atoms with E-state index in [1.165, 1.54) is 11.1 Å². The zero-order chi connectivity index (χ0) is 12.2. The van der Waals surface area contributed by atoms with Crippen LogP contribution >= 0.6 is 0 Å². The zero-order valence-corrected chi connectivity index (χ0v) is 10.9. The highest BCUT2D eigenvalue weighted by atomic mass is 14.9. The topological polar surface area (TPSA) is 38.0 Å². The van der Waals surface area contributed by atoms with E-state index in [-0.39, 0.29) is 0 Å². The molecular weight excluding hydrogens is 196 g/mol. The highest BCUT2D eigenvalue weighted by Crippen LogP contribution is 2.18. The Morgan fingerprint density at radius 1 is 1.12 bits per heavy atom. The van der Waals surface area contributed by atoms with Gasteiger partial charge in [0.15, 0.2) is 0 Å². The van der Waals surface area contributed by atoms with E-state index in [0.717, 1.165) is 6.54 Å². The van der Waals surface area contributed by atoms with Gasteiger partial charge >= 0.3 is 0 Å². The van der Waals surface area contributed by atoms with E-state index >= 15 is 0 Å². The van der Waals surface area contributed by atoms with Crippen LogP contribution in [0, 0.1) is 5.41 Å². The van der Waals surface area contributed by atoms with E-state index in [1.54, 1.807) is 0 Å². The molecule has 0 aliphatic heterocycles. The Kier molecular flexibility index (Phi) is 4.51. The first-order valence-corrected chi connectivity index (χ1v) is 5.94. The van der Waals surface area contributed by atoms with Crippen LogP contribution in [-0.2, 0) is 13.1 Å². The van der Waals surface area contributed by atoms with Crippen LogP contribution in [0.1, 0.15) is 38.8 Å². The zero-order valence-electron chi connectivity index (χ0n) is 10.9. The third kappa shape index (κ3) is 3.95. The van der Waals surface area contributed by atoms with Crippen molar-refractivity contribution in [2.24, 2.45) is 11.1 Å². The Hall–Kier alpha value is -0.860. The largest absolute Gasteiger partial charge is 0.326 e. The molecule has 1 unspecified atom stereocenters. The van der Waals surface area contributed by atoms with E-state index < -0.39 is 0 Å². The van der Waals surface area contributed by atoms with Crippen molar-refractivity contribution < 1.29 is 0 Å². The Morgan fingerprint density at radius 3 is 2.06 bits per heavy atom. The molecule has 1 atom stereocenters. The number of hydrogen-bond acceptors (Lipinski definition) is 2. The minimum absolute atomic E-state index is 0.303. The summed E-state index contributed by atoms with van der Waals surface area (Å²) in [5.74, 6) is 0. The minimum Gasteiger partial charge on any atom is -0.326 e. The molecule has 0 spiro atoms. The number of nitrogens with one attached hydrogen (secondary N) is 1. The molecule has 3 N–H and O–H groups in total. The molecule has 16 heavy (non-hydrogen) atoms. The van der Waals surface area contributed by atoms with Crippen molar-refractivity contribution in [3.8, 4) is 0 Å². The molecule has 0 aliphatic carbocycles. The van der Waals surface area contributed by atoms with Gasteiger partial charge in [-0.15, -0.1) is 0 Å². The van der Waals surface area contributed by atoms with Crippen LogP contribution in [0.25, 0.3) is 0 Å². The maximum atomic E-state index is 5.56. The number of benzene rings is 1. The maximum Gasteiger partial charge on any atom is 0.0208 e. The summed E-state index contributed by atoms with van der Waals surface area (Å²) in [6.07, 6.45) is 0. The SMILES string of the molecule is CC(NCc1ccc(CN)cc1)C(C)(C)C. The third-order valence-corrected chi connectivity index (χ3v) is 3.17. The maximum absolute atomic E-state index is 5.56. The standard InChI is InChI=1S/C14H24N2/c1-11(14(2,3)4)16-10-13-7-5-12(9-15)6-8-13/h5-8,11,16H,9-10,15H2,1-4H3. The van der Waals surface area contributed by atoms with Crippen LogP contribution in [0.5, 0.6) is 0 Å². The molecule has 90 valence electrons. The Morgan fingerprint density at radius 2 is 1.62 bits per heavy atom. The molecule has 0 aliphatic rings. The molecule has 1 aromatic rings. The first kappa shape index (κ1) is 13.2. The fourth-order valence-corrected chi connectivity index (χ4v) is 1.37. The van der Waals surface area contributed by atoms with Crippen molar-refractivity contribution in [1.29, 1.82) is 0 Å². The quantitative estimate of drug-likeness (QED) is 0.818. The van der Waals surface area contributed by atoms with Crippen molar-refractivity contribution in [2.45, 2.75) is 46.8 Å². The van der Waals surface area contributed by atoms with Gasteiger partial charge in [-0.25, -0.2) is 0 Å². The Balaban J connectivity index is 2.48. The summed E-state index contributed by atoms with van der Waals surface area (Å²) < 4.78 is 0. The van der Waals surface area contributed by atoms with Gasteiger partial charge in [0.2, 0.25) is 0 Å². The van der Waals surface area contributed by atoms with Gasteiger partial charge in [-0.1, -0.05) is 45.0 Å². The summed E-state index contributed by atoms with van der Waals surface area (Å²) in [4.78, 5) is 0. The van der Waals surface area contributed by atoms with Crippen LogP contribution in [-0.4, -0.2) is 6.04 Å². The Bertz CT molecular complexity index is 309. The second-order valence-corrected chi connectivity index (χ2v) is 5.49. The fraction of sp³-hybridized carbons (Fsp3) is 0.571. The van der Waals surface area contributed by atoms with Gasteiger partial charge in [-0.2, -0.15) is 0 Å². The van der Waals surface area contributed by atoms with Gasteiger partial charge in [-0.3, -0.25) is 0 Å². The molecule has 2 heteroatoms. The van der Waals surface area contributed by atoms with E-state index in [9.17, 15) is 0 Å². The summed E-state index contributed by atoms with van der Waals surface area (Å²) in [5, 5.41) is 3.55. The van der Waals surface area contributed by atoms with Gasteiger partial charge in [0.25, 0.3) is 0 Å². The highest BCUT2D eigenvalue weighted by molar-refractivity contribution is 5.22. The van der Waals surface area contributed by atoms with Gasteiger partial charge in [-0.05, 0) is 23.5 Å². The predicted octanol–water partition coefficient (Wildman–Crippen LogP) is 2.67. The van der Waals surface area contributed by atoms with Crippen molar-refractivity contribution >= 4 is 0 Å². The van der Waals surface area contributed by atoms with E-state index in [4.69, 9.17) is 5.73 Å². The molecule has 0 amide bonds. The molecule has 0 saturated heterocycles. The minimum atomic E-state index is 0.303. The first-order valence-electron chi connectivity index (χ1n) is 5.94. The predicted molar refractivity (Wildman–Crippen MR) is 70.1 cm³/mol. The monoisotopic (exact) mass is 220 g/mol. The van der Waals surface area contributed by atoms with E-state index in [1.807, 2.05) is 0 Å². The molecule has 1 aromatic carbocycles. The number of rotatable bonds is 4. The molecule has 0 aromatic heterocycles. The lowest BCUT2D eigenvalue weighted by molar-refractivity contribution is 0.285. The lowest BCUT2D eigenvalue weighted by atomic mass is 9.88. The summed E-state index contributed by atoms with van der Waals surface area (Å²) in [5.41, 5.74) is 8.37. The number of hydrogen-bond donors (Lipinski definition) is 2. The van der Waals surface area contributed by atoms with Crippen molar-refractivity contribution in [3.05, 3.63) is 35.4 Å². The second-order valence-electron chi connectivity index (χ2n) is 5.49. The van der Waals surface area contributed by atoms with Crippen molar-refractivity contribution in [3.63, 3.8) is 0 Å². The van der Waals surface area contributed by atoms with Crippen LogP contribution in [0.15, 0.2) is 24.3 Å². The normalized spacial score (nSPS) is 13.8. The van der Waals surface area contributed by atoms with E-state index in [2.05, 4.69) is 57.3 Å². The molecule has 1 rings (SSSR count). The fourth-order valence-electron chi connectivity index (χ4n) is 1.37.